The minimum absolute atomic E-state index is 0.0372. The molecule has 2 rings (SSSR count). The number of halogens is 4. The summed E-state index contributed by atoms with van der Waals surface area (Å²) < 4.78 is 15.4. The molecule has 19 heavy (non-hydrogen) atoms. The summed E-state index contributed by atoms with van der Waals surface area (Å²) in [7, 11) is 0. The topological polar surface area (TPSA) is 20.2 Å². The van der Waals surface area contributed by atoms with Gasteiger partial charge in [0.15, 0.2) is 0 Å². The van der Waals surface area contributed by atoms with E-state index in [-0.39, 0.29) is 10.6 Å². The predicted molar refractivity (Wildman–Crippen MR) is 81.9 cm³/mol. The zero-order valence-corrected chi connectivity index (χ0v) is 13.9. The van der Waals surface area contributed by atoms with Gasteiger partial charge in [0, 0.05) is 20.1 Å². The third-order valence-corrected chi connectivity index (χ3v) is 4.91. The molecule has 0 aliphatic heterocycles. The lowest BCUT2D eigenvalue weighted by Crippen LogP contribution is -2.25. The van der Waals surface area contributed by atoms with Crippen LogP contribution in [0.3, 0.4) is 0 Å². The minimum Gasteiger partial charge on any atom is -0.381 e. The first-order valence-electron chi connectivity index (χ1n) is 5.47. The second-order valence-corrected chi connectivity index (χ2v) is 6.36. The average molecular weight is 408 g/mol. The zero-order chi connectivity index (χ0) is 14.2. The first-order valence-corrected chi connectivity index (χ1v) is 7.43. The second-order valence-electron chi connectivity index (χ2n) is 4.27. The Balaban J connectivity index is 2.64. The minimum atomic E-state index is -1.48. The second kappa shape index (κ2) is 5.52. The standard InChI is InChI=1S/C14H10Br2ClFO/c1-14(19,8-4-2-3-5-10(8)15)9-6-7-11(16)12(17)13(9)18/h2-7,19H,1H3. The van der Waals surface area contributed by atoms with Gasteiger partial charge >= 0.3 is 0 Å². The van der Waals surface area contributed by atoms with Crippen LogP contribution in [-0.4, -0.2) is 5.11 Å². The zero-order valence-electron chi connectivity index (χ0n) is 9.92. The van der Waals surface area contributed by atoms with Crippen LogP contribution in [-0.2, 0) is 5.60 Å². The number of hydrogen-bond donors (Lipinski definition) is 1. The molecule has 1 nitrogen and oxygen atoms in total. The first-order chi connectivity index (χ1) is 8.85. The van der Waals surface area contributed by atoms with Gasteiger partial charge < -0.3 is 5.11 Å². The number of aliphatic hydroxyl groups is 1. The van der Waals surface area contributed by atoms with E-state index in [1.807, 2.05) is 6.07 Å². The summed E-state index contributed by atoms with van der Waals surface area (Å²) in [5.74, 6) is -0.628. The molecule has 2 aromatic rings. The molecule has 1 atom stereocenters. The highest BCUT2D eigenvalue weighted by molar-refractivity contribution is 9.10. The molecule has 0 aliphatic rings. The quantitative estimate of drug-likeness (QED) is 0.672. The molecule has 2 aromatic carbocycles. The van der Waals surface area contributed by atoms with Crippen molar-refractivity contribution in [3.8, 4) is 0 Å². The lowest BCUT2D eigenvalue weighted by molar-refractivity contribution is 0.0972. The molecule has 0 saturated carbocycles. The van der Waals surface area contributed by atoms with Crippen LogP contribution in [0, 0.1) is 5.82 Å². The third-order valence-electron chi connectivity index (χ3n) is 2.96. The molecule has 0 fully saturated rings. The fourth-order valence-electron chi connectivity index (χ4n) is 1.90. The van der Waals surface area contributed by atoms with Gasteiger partial charge in [-0.2, -0.15) is 0 Å². The fourth-order valence-corrected chi connectivity index (χ4v) is 3.04. The molecule has 0 aromatic heterocycles. The molecular formula is C14H10Br2ClFO. The Kier molecular flexibility index (Phi) is 4.35. The van der Waals surface area contributed by atoms with Gasteiger partial charge in [0.1, 0.15) is 11.4 Å². The van der Waals surface area contributed by atoms with Crippen molar-refractivity contribution in [2.75, 3.05) is 0 Å². The maximum Gasteiger partial charge on any atom is 0.149 e. The molecule has 0 aliphatic carbocycles. The van der Waals surface area contributed by atoms with Gasteiger partial charge in [0.05, 0.1) is 5.02 Å². The molecule has 100 valence electrons. The largest absolute Gasteiger partial charge is 0.381 e. The van der Waals surface area contributed by atoms with E-state index < -0.39 is 11.4 Å². The molecular weight excluding hydrogens is 398 g/mol. The van der Waals surface area contributed by atoms with E-state index in [1.165, 1.54) is 13.0 Å². The summed E-state index contributed by atoms with van der Waals surface area (Å²) in [6.45, 7) is 1.54. The molecule has 1 N–H and O–H groups in total. The number of hydrogen-bond acceptors (Lipinski definition) is 1. The monoisotopic (exact) mass is 406 g/mol. The van der Waals surface area contributed by atoms with Crippen molar-refractivity contribution in [2.45, 2.75) is 12.5 Å². The highest BCUT2D eigenvalue weighted by Gasteiger charge is 2.31. The molecule has 1 unspecified atom stereocenters. The normalized spacial score (nSPS) is 14.2. The van der Waals surface area contributed by atoms with Crippen LogP contribution in [0.15, 0.2) is 45.3 Å². The van der Waals surface area contributed by atoms with Crippen molar-refractivity contribution < 1.29 is 9.50 Å². The Bertz CT molecular complexity index is 629. The average Bonchev–Trinajstić information content (AvgIpc) is 2.36. The highest BCUT2D eigenvalue weighted by atomic mass is 79.9. The smallest absolute Gasteiger partial charge is 0.149 e. The molecule has 0 amide bonds. The van der Waals surface area contributed by atoms with E-state index in [9.17, 15) is 9.50 Å². The predicted octanol–water partition coefficient (Wildman–Crippen LogP) is 5.26. The Hall–Kier alpha value is -0.420. The Morgan fingerprint density at radius 2 is 1.68 bits per heavy atom. The highest BCUT2D eigenvalue weighted by Crippen LogP contribution is 2.38. The summed E-state index contributed by atoms with van der Waals surface area (Å²) in [5.41, 5.74) is -0.769. The maximum absolute atomic E-state index is 14.2. The van der Waals surface area contributed by atoms with E-state index in [0.717, 1.165) is 0 Å². The van der Waals surface area contributed by atoms with Gasteiger partial charge in [-0.15, -0.1) is 0 Å². The summed E-state index contributed by atoms with van der Waals surface area (Å²) in [6, 6.07) is 10.3. The van der Waals surface area contributed by atoms with Crippen molar-refractivity contribution in [3.63, 3.8) is 0 Å². The van der Waals surface area contributed by atoms with E-state index in [2.05, 4.69) is 31.9 Å². The summed E-state index contributed by atoms with van der Waals surface area (Å²) in [5, 5.41) is 10.7. The van der Waals surface area contributed by atoms with E-state index in [1.54, 1.807) is 24.3 Å². The van der Waals surface area contributed by atoms with Gasteiger partial charge in [0.2, 0.25) is 0 Å². The van der Waals surface area contributed by atoms with Crippen molar-refractivity contribution in [2.24, 2.45) is 0 Å². The van der Waals surface area contributed by atoms with Crippen LogP contribution < -0.4 is 0 Å². The van der Waals surface area contributed by atoms with Crippen molar-refractivity contribution in [1.29, 1.82) is 0 Å². The van der Waals surface area contributed by atoms with E-state index in [4.69, 9.17) is 11.6 Å². The number of rotatable bonds is 2. The fraction of sp³-hybridized carbons (Fsp3) is 0.143. The van der Waals surface area contributed by atoms with Crippen LogP contribution >= 0.6 is 43.5 Å². The Morgan fingerprint density at radius 1 is 1.05 bits per heavy atom. The Labute approximate surface area is 132 Å². The van der Waals surface area contributed by atoms with Crippen molar-refractivity contribution in [3.05, 3.63) is 67.3 Å². The van der Waals surface area contributed by atoms with Crippen molar-refractivity contribution in [1.82, 2.24) is 0 Å². The molecule has 0 spiro atoms. The molecule has 0 saturated heterocycles. The van der Waals surface area contributed by atoms with Crippen molar-refractivity contribution >= 4 is 43.5 Å². The summed E-state index contributed by atoms with van der Waals surface area (Å²) in [6.07, 6.45) is 0. The Morgan fingerprint density at radius 3 is 2.32 bits per heavy atom. The lowest BCUT2D eigenvalue weighted by Gasteiger charge is -2.26. The van der Waals surface area contributed by atoms with Crippen LogP contribution in [0.2, 0.25) is 5.02 Å². The van der Waals surface area contributed by atoms with Gasteiger partial charge in [-0.1, -0.05) is 51.8 Å². The van der Waals surface area contributed by atoms with Gasteiger partial charge in [0.25, 0.3) is 0 Å². The molecule has 5 heteroatoms. The molecule has 0 bridgehead atoms. The lowest BCUT2D eigenvalue weighted by atomic mass is 9.88. The molecule has 0 radical (unpaired) electrons. The van der Waals surface area contributed by atoms with Gasteiger partial charge in [-0.25, -0.2) is 4.39 Å². The maximum atomic E-state index is 14.2. The summed E-state index contributed by atoms with van der Waals surface area (Å²) >= 11 is 12.4. The first kappa shape index (κ1) is 15.0. The van der Waals surface area contributed by atoms with E-state index >= 15 is 0 Å². The third kappa shape index (κ3) is 2.72. The summed E-state index contributed by atoms with van der Waals surface area (Å²) in [4.78, 5) is 0. The SMILES string of the molecule is CC(O)(c1ccccc1Br)c1ccc(Br)c(Cl)c1F. The van der Waals surface area contributed by atoms with Crippen LogP contribution in [0.1, 0.15) is 18.1 Å². The van der Waals surface area contributed by atoms with Gasteiger partial charge in [-0.05, 0) is 35.0 Å². The van der Waals surface area contributed by atoms with Crippen LogP contribution in [0.25, 0.3) is 0 Å². The van der Waals surface area contributed by atoms with Gasteiger partial charge in [-0.3, -0.25) is 0 Å². The molecule has 0 heterocycles. The van der Waals surface area contributed by atoms with Crippen LogP contribution in [0.5, 0.6) is 0 Å². The van der Waals surface area contributed by atoms with Crippen LogP contribution in [0.4, 0.5) is 4.39 Å². The van der Waals surface area contributed by atoms with E-state index in [0.29, 0.717) is 14.5 Å². The number of benzene rings is 2.